The molecular weight excluding hydrogens is 436 g/mol. The number of hydrogen-bond acceptors (Lipinski definition) is 6. The minimum Gasteiger partial charge on any atom is -0.450 e. The van der Waals surface area contributed by atoms with Gasteiger partial charge in [0.15, 0.2) is 0 Å². The highest BCUT2D eigenvalue weighted by Gasteiger charge is 2.35. The lowest BCUT2D eigenvalue weighted by Crippen LogP contribution is -2.34. The average molecular weight is 479 g/mol. The van der Waals surface area contributed by atoms with Gasteiger partial charge in [0, 0.05) is 13.6 Å². The summed E-state index contributed by atoms with van der Waals surface area (Å²) in [6.45, 7) is 9.91. The van der Waals surface area contributed by atoms with Crippen LogP contribution in [0.1, 0.15) is 79.6 Å². The van der Waals surface area contributed by atoms with Crippen LogP contribution in [-0.2, 0) is 19.1 Å². The number of carbonyl (C=O) groups is 3. The molecule has 1 aliphatic rings. The van der Waals surface area contributed by atoms with Crippen LogP contribution in [0.5, 0.6) is 0 Å². The van der Waals surface area contributed by atoms with Gasteiger partial charge in [-0.2, -0.15) is 0 Å². The number of nitrogens with zero attached hydrogens (tertiary/aromatic N) is 1. The van der Waals surface area contributed by atoms with Crippen LogP contribution in [0.4, 0.5) is 4.79 Å². The number of aliphatic hydroxyl groups excluding tert-OH is 1. The van der Waals surface area contributed by atoms with Crippen molar-refractivity contribution in [1.82, 2.24) is 10.2 Å². The Kier molecular flexibility index (Phi) is 12.1. The van der Waals surface area contributed by atoms with E-state index >= 15 is 0 Å². The van der Waals surface area contributed by atoms with E-state index in [1.807, 2.05) is 39.8 Å². The molecule has 2 N–H and O–H groups in total. The SMILES string of the molecule is CC[C@@]1(C)C=C(NC(=O)C[C@@H](O)/C=C\C=C\CCCCCCN(C)C(=O)OC(C)(C)C)C(=O)O1. The second-order valence-corrected chi connectivity index (χ2v) is 9.85. The molecule has 1 heterocycles. The first-order chi connectivity index (χ1) is 15.8. The average Bonchev–Trinajstić information content (AvgIpc) is 3.01. The van der Waals surface area contributed by atoms with Crippen LogP contribution in [0, 0.1) is 0 Å². The van der Waals surface area contributed by atoms with E-state index in [1.54, 1.807) is 37.1 Å². The predicted octanol–water partition coefficient (Wildman–Crippen LogP) is 4.39. The number of ether oxygens (including phenoxy) is 2. The van der Waals surface area contributed by atoms with E-state index in [4.69, 9.17) is 9.47 Å². The van der Waals surface area contributed by atoms with E-state index in [-0.39, 0.29) is 18.2 Å². The molecule has 8 heteroatoms. The molecule has 1 aliphatic heterocycles. The largest absolute Gasteiger partial charge is 0.450 e. The first-order valence-electron chi connectivity index (χ1n) is 12.1. The van der Waals surface area contributed by atoms with Gasteiger partial charge in [-0.25, -0.2) is 9.59 Å². The van der Waals surface area contributed by atoms with Gasteiger partial charge in [0.05, 0.1) is 12.5 Å². The number of cyclic esters (lactones) is 1. The summed E-state index contributed by atoms with van der Waals surface area (Å²) < 4.78 is 10.6. The smallest absolute Gasteiger partial charge is 0.410 e. The van der Waals surface area contributed by atoms with Crippen molar-refractivity contribution in [2.24, 2.45) is 0 Å². The topological polar surface area (TPSA) is 105 Å². The first-order valence-corrected chi connectivity index (χ1v) is 12.1. The number of allylic oxidation sites excluding steroid dienone is 3. The summed E-state index contributed by atoms with van der Waals surface area (Å²) in [4.78, 5) is 37.4. The molecule has 0 aliphatic carbocycles. The third kappa shape index (κ3) is 12.0. The van der Waals surface area contributed by atoms with Crippen LogP contribution in [0.2, 0.25) is 0 Å². The molecule has 2 atom stereocenters. The molecule has 0 bridgehead atoms. The monoisotopic (exact) mass is 478 g/mol. The maximum atomic E-state index is 12.1. The van der Waals surface area contributed by atoms with Crippen molar-refractivity contribution in [1.29, 1.82) is 0 Å². The first kappa shape index (κ1) is 29.4. The molecule has 0 saturated heterocycles. The zero-order chi connectivity index (χ0) is 25.8. The van der Waals surface area contributed by atoms with Gasteiger partial charge < -0.3 is 24.8 Å². The summed E-state index contributed by atoms with van der Waals surface area (Å²) in [6, 6.07) is 0. The molecule has 0 aromatic carbocycles. The van der Waals surface area contributed by atoms with Crippen molar-refractivity contribution in [3.63, 3.8) is 0 Å². The highest BCUT2D eigenvalue weighted by Crippen LogP contribution is 2.26. The normalized spacial score (nSPS) is 19.3. The minimum absolute atomic E-state index is 0.127. The summed E-state index contributed by atoms with van der Waals surface area (Å²) in [5.41, 5.74) is -1.05. The molecule has 0 saturated carbocycles. The lowest BCUT2D eigenvalue weighted by atomic mass is 10.0. The van der Waals surface area contributed by atoms with Gasteiger partial charge in [0.1, 0.15) is 16.9 Å². The van der Waals surface area contributed by atoms with E-state index in [2.05, 4.69) is 5.32 Å². The van der Waals surface area contributed by atoms with Crippen molar-refractivity contribution in [2.45, 2.75) is 96.9 Å². The fraction of sp³-hybridized carbons (Fsp3) is 0.654. The number of aliphatic hydroxyl groups is 1. The Morgan fingerprint density at radius 3 is 2.53 bits per heavy atom. The highest BCUT2D eigenvalue weighted by atomic mass is 16.6. The van der Waals surface area contributed by atoms with Gasteiger partial charge in [-0.05, 0) is 59.5 Å². The van der Waals surface area contributed by atoms with E-state index in [1.165, 1.54) is 0 Å². The molecule has 34 heavy (non-hydrogen) atoms. The Morgan fingerprint density at radius 2 is 1.91 bits per heavy atom. The van der Waals surface area contributed by atoms with Gasteiger partial charge in [-0.3, -0.25) is 4.79 Å². The molecule has 2 amide bonds. The summed E-state index contributed by atoms with van der Waals surface area (Å²) in [5.74, 6) is -0.997. The summed E-state index contributed by atoms with van der Waals surface area (Å²) in [5, 5.41) is 12.5. The molecule has 0 spiro atoms. The molecule has 0 unspecified atom stereocenters. The summed E-state index contributed by atoms with van der Waals surface area (Å²) in [6.07, 6.45) is 12.9. The fourth-order valence-corrected chi connectivity index (χ4v) is 3.14. The predicted molar refractivity (Wildman–Crippen MR) is 132 cm³/mol. The van der Waals surface area contributed by atoms with Gasteiger partial charge in [-0.15, -0.1) is 0 Å². The molecule has 0 fully saturated rings. The van der Waals surface area contributed by atoms with Crippen LogP contribution in [-0.4, -0.2) is 58.9 Å². The van der Waals surface area contributed by atoms with Gasteiger partial charge in [0.2, 0.25) is 5.91 Å². The van der Waals surface area contributed by atoms with Crippen LogP contribution >= 0.6 is 0 Å². The minimum atomic E-state index is -0.942. The number of hydrogen-bond donors (Lipinski definition) is 2. The lowest BCUT2D eigenvalue weighted by Gasteiger charge is -2.24. The Balaban J connectivity index is 2.16. The van der Waals surface area contributed by atoms with Crippen LogP contribution in [0.25, 0.3) is 0 Å². The fourth-order valence-electron chi connectivity index (χ4n) is 3.14. The number of carbonyl (C=O) groups excluding carboxylic acids is 3. The number of rotatable bonds is 13. The quantitative estimate of drug-likeness (QED) is 0.231. The molecule has 1 rings (SSSR count). The van der Waals surface area contributed by atoms with Crippen molar-refractivity contribution in [3.8, 4) is 0 Å². The standard InChI is InChI=1S/C26H42N2O6/c1-7-26(5)19-21(23(31)33-26)27-22(30)18-20(29)16-14-12-10-8-9-11-13-15-17-28(6)24(32)34-25(2,3)4/h10,12,14,16,19-20,29H,7-9,11,13,15,17-18H2,1-6H3,(H,27,30)/b12-10+,16-14-/t20-,26-/m0/s1. The number of esters is 1. The molecule has 0 aromatic heterocycles. The van der Waals surface area contributed by atoms with Crippen LogP contribution < -0.4 is 5.32 Å². The summed E-state index contributed by atoms with van der Waals surface area (Å²) >= 11 is 0. The Bertz CT molecular complexity index is 781. The van der Waals surface area contributed by atoms with Gasteiger partial charge in [0.25, 0.3) is 0 Å². The highest BCUT2D eigenvalue weighted by molar-refractivity contribution is 5.96. The van der Waals surface area contributed by atoms with Gasteiger partial charge in [-0.1, -0.05) is 44.1 Å². The van der Waals surface area contributed by atoms with E-state index in [0.717, 1.165) is 32.1 Å². The zero-order valence-electron chi connectivity index (χ0n) is 21.6. The molecule has 192 valence electrons. The van der Waals surface area contributed by atoms with E-state index in [0.29, 0.717) is 13.0 Å². The molecule has 8 nitrogen and oxygen atoms in total. The zero-order valence-corrected chi connectivity index (χ0v) is 21.6. The van der Waals surface area contributed by atoms with Crippen molar-refractivity contribution >= 4 is 18.0 Å². The Labute approximate surface area is 204 Å². The number of nitrogens with one attached hydrogen (secondary N) is 1. The number of unbranched alkanes of at least 4 members (excludes halogenated alkanes) is 4. The third-order valence-corrected chi connectivity index (χ3v) is 5.27. The Morgan fingerprint density at radius 1 is 1.24 bits per heavy atom. The summed E-state index contributed by atoms with van der Waals surface area (Å²) in [7, 11) is 1.75. The van der Waals surface area contributed by atoms with Crippen molar-refractivity contribution in [3.05, 3.63) is 36.1 Å². The third-order valence-electron chi connectivity index (χ3n) is 5.27. The Hall–Kier alpha value is -2.61. The van der Waals surface area contributed by atoms with Crippen LogP contribution in [0.3, 0.4) is 0 Å². The van der Waals surface area contributed by atoms with E-state index < -0.39 is 29.2 Å². The lowest BCUT2D eigenvalue weighted by molar-refractivity contribution is -0.146. The molecule has 0 aromatic rings. The maximum Gasteiger partial charge on any atom is 0.410 e. The van der Waals surface area contributed by atoms with Crippen molar-refractivity contribution < 1.29 is 29.0 Å². The number of amides is 2. The second-order valence-electron chi connectivity index (χ2n) is 9.85. The van der Waals surface area contributed by atoms with Crippen LogP contribution in [0.15, 0.2) is 36.1 Å². The van der Waals surface area contributed by atoms with Gasteiger partial charge >= 0.3 is 12.1 Å². The van der Waals surface area contributed by atoms with E-state index in [9.17, 15) is 19.5 Å². The second kappa shape index (κ2) is 13.9. The van der Waals surface area contributed by atoms with Crippen molar-refractivity contribution in [2.75, 3.05) is 13.6 Å². The molecular formula is C26H42N2O6. The maximum absolute atomic E-state index is 12.1. The molecule has 0 radical (unpaired) electrons.